The number of nitriles is 1. The van der Waals surface area contributed by atoms with Crippen LogP contribution in [0.25, 0.3) is 0 Å². The van der Waals surface area contributed by atoms with Gasteiger partial charge in [-0.05, 0) is 24.6 Å². The smallest absolute Gasteiger partial charge is 0.101 e. The molecule has 0 spiro atoms. The van der Waals surface area contributed by atoms with Gasteiger partial charge in [0.25, 0.3) is 0 Å². The van der Waals surface area contributed by atoms with E-state index in [-0.39, 0.29) is 6.04 Å². The molecule has 0 heterocycles. The summed E-state index contributed by atoms with van der Waals surface area (Å²) in [4.78, 5) is 0. The van der Waals surface area contributed by atoms with E-state index in [4.69, 9.17) is 21.6 Å². The number of hydrogen-bond donors (Lipinski definition) is 1. The van der Waals surface area contributed by atoms with E-state index in [1.807, 2.05) is 6.07 Å². The molecule has 0 amide bonds. The summed E-state index contributed by atoms with van der Waals surface area (Å²) in [6, 6.07) is 7.64. The Hall–Kier alpha value is -1.24. The molecule has 0 aliphatic heterocycles. The average Bonchev–Trinajstić information content (AvgIpc) is 2.32. The fourth-order valence-electron chi connectivity index (χ4n) is 1.70. The van der Waals surface area contributed by atoms with Gasteiger partial charge in [0.1, 0.15) is 6.07 Å². The molecule has 0 radical (unpaired) electrons. The summed E-state index contributed by atoms with van der Waals surface area (Å²) < 4.78 is 5.15. The van der Waals surface area contributed by atoms with Crippen LogP contribution in [0.15, 0.2) is 18.2 Å². The number of benzene rings is 1. The van der Waals surface area contributed by atoms with Gasteiger partial charge in [-0.1, -0.05) is 24.9 Å². The van der Waals surface area contributed by atoms with E-state index >= 15 is 0 Å². The quantitative estimate of drug-likeness (QED) is 0.844. The van der Waals surface area contributed by atoms with E-state index in [9.17, 15) is 0 Å². The van der Waals surface area contributed by atoms with Gasteiger partial charge in [-0.2, -0.15) is 5.26 Å². The van der Waals surface area contributed by atoms with Gasteiger partial charge in [-0.3, -0.25) is 0 Å². The number of ether oxygens (including phenoxy) is 1. The number of methoxy groups -OCH3 is 1. The fourth-order valence-corrected chi connectivity index (χ4v) is 1.87. The first kappa shape index (κ1) is 13.8. The minimum Gasteiger partial charge on any atom is -0.383 e. The summed E-state index contributed by atoms with van der Waals surface area (Å²) in [5.41, 5.74) is 1.38. The zero-order valence-electron chi connectivity index (χ0n) is 10.2. The molecule has 1 aromatic rings. The Balaban J connectivity index is 2.81. The molecular weight excluding hydrogens is 236 g/mol. The number of halogens is 1. The first-order chi connectivity index (χ1) is 8.21. The summed E-state index contributed by atoms with van der Waals surface area (Å²) in [5.74, 6) is 0. The summed E-state index contributed by atoms with van der Waals surface area (Å²) in [7, 11) is 1.68. The van der Waals surface area contributed by atoms with Crippen LogP contribution in [-0.2, 0) is 4.74 Å². The number of rotatable bonds is 6. The van der Waals surface area contributed by atoms with Gasteiger partial charge >= 0.3 is 0 Å². The lowest BCUT2D eigenvalue weighted by atomic mass is 10.1. The maximum absolute atomic E-state index is 9.04. The molecule has 4 heteroatoms. The lowest BCUT2D eigenvalue weighted by molar-refractivity contribution is 0.182. The van der Waals surface area contributed by atoms with E-state index < -0.39 is 0 Å². The molecule has 0 fully saturated rings. The fraction of sp³-hybridized carbons (Fsp3) is 0.462. The van der Waals surface area contributed by atoms with Crippen molar-refractivity contribution in [2.75, 3.05) is 19.0 Å². The van der Waals surface area contributed by atoms with Crippen LogP contribution in [0.4, 0.5) is 5.69 Å². The van der Waals surface area contributed by atoms with Crippen LogP contribution in [0.2, 0.25) is 5.02 Å². The van der Waals surface area contributed by atoms with Crippen LogP contribution in [0, 0.1) is 11.3 Å². The molecule has 1 N–H and O–H groups in total. The Bertz CT molecular complexity index is 395. The van der Waals surface area contributed by atoms with Gasteiger partial charge in [-0.15, -0.1) is 0 Å². The van der Waals surface area contributed by atoms with E-state index in [1.165, 1.54) is 0 Å². The first-order valence-electron chi connectivity index (χ1n) is 5.66. The van der Waals surface area contributed by atoms with Gasteiger partial charge in [0.05, 0.1) is 17.9 Å². The zero-order chi connectivity index (χ0) is 12.7. The Morgan fingerprint density at radius 2 is 2.29 bits per heavy atom. The summed E-state index contributed by atoms with van der Waals surface area (Å²) in [5, 5.41) is 12.9. The average molecular weight is 253 g/mol. The normalized spacial score (nSPS) is 11.9. The molecule has 1 atom stereocenters. The Kier molecular flexibility index (Phi) is 5.82. The molecule has 0 aromatic heterocycles. The minimum absolute atomic E-state index is 0.221. The number of hydrogen-bond acceptors (Lipinski definition) is 3. The molecule has 92 valence electrons. The van der Waals surface area contributed by atoms with Gasteiger partial charge in [0.15, 0.2) is 0 Å². The molecule has 1 rings (SSSR count). The van der Waals surface area contributed by atoms with Gasteiger partial charge < -0.3 is 10.1 Å². The highest BCUT2D eigenvalue weighted by atomic mass is 35.5. The van der Waals surface area contributed by atoms with Crippen LogP contribution >= 0.6 is 11.6 Å². The highest BCUT2D eigenvalue weighted by Crippen LogP contribution is 2.21. The lowest BCUT2D eigenvalue weighted by Crippen LogP contribution is -2.25. The van der Waals surface area contributed by atoms with Crippen molar-refractivity contribution in [2.24, 2.45) is 0 Å². The van der Waals surface area contributed by atoms with Crippen molar-refractivity contribution in [1.29, 1.82) is 5.26 Å². The predicted octanol–water partition coefficient (Wildman–Crippen LogP) is 3.44. The third-order valence-electron chi connectivity index (χ3n) is 2.47. The second-order valence-electron chi connectivity index (χ2n) is 3.89. The summed E-state index contributed by atoms with van der Waals surface area (Å²) >= 11 is 5.85. The highest BCUT2D eigenvalue weighted by Gasteiger charge is 2.10. The van der Waals surface area contributed by atoms with Crippen LogP contribution in [0.3, 0.4) is 0 Å². The van der Waals surface area contributed by atoms with Crippen molar-refractivity contribution in [3.63, 3.8) is 0 Å². The minimum atomic E-state index is 0.221. The van der Waals surface area contributed by atoms with Crippen molar-refractivity contribution >= 4 is 17.3 Å². The lowest BCUT2D eigenvalue weighted by Gasteiger charge is -2.19. The second-order valence-corrected chi connectivity index (χ2v) is 4.32. The second kappa shape index (κ2) is 7.16. The SMILES string of the molecule is CCCC(COC)Nc1ccc(Cl)cc1C#N. The van der Waals surface area contributed by atoms with Crippen molar-refractivity contribution in [2.45, 2.75) is 25.8 Å². The summed E-state index contributed by atoms with van der Waals surface area (Å²) in [6.45, 7) is 2.75. The van der Waals surface area contributed by atoms with Gasteiger partial charge in [-0.25, -0.2) is 0 Å². The number of nitrogens with zero attached hydrogens (tertiary/aromatic N) is 1. The summed E-state index contributed by atoms with van der Waals surface area (Å²) in [6.07, 6.45) is 2.07. The van der Waals surface area contributed by atoms with Crippen LogP contribution < -0.4 is 5.32 Å². The topological polar surface area (TPSA) is 45.0 Å². The maximum atomic E-state index is 9.04. The Labute approximate surface area is 107 Å². The third-order valence-corrected chi connectivity index (χ3v) is 2.70. The van der Waals surface area contributed by atoms with Gasteiger partial charge in [0.2, 0.25) is 0 Å². The number of nitrogens with one attached hydrogen (secondary N) is 1. The molecule has 3 nitrogen and oxygen atoms in total. The molecular formula is C13H17ClN2O. The van der Waals surface area contributed by atoms with E-state index in [1.54, 1.807) is 19.2 Å². The van der Waals surface area contributed by atoms with Gasteiger partial charge in [0, 0.05) is 18.2 Å². The first-order valence-corrected chi connectivity index (χ1v) is 6.04. The van der Waals surface area contributed by atoms with E-state index in [2.05, 4.69) is 18.3 Å². The zero-order valence-corrected chi connectivity index (χ0v) is 10.9. The van der Waals surface area contributed by atoms with E-state index in [0.717, 1.165) is 18.5 Å². The molecule has 0 saturated heterocycles. The van der Waals surface area contributed by atoms with Crippen molar-refractivity contribution < 1.29 is 4.74 Å². The molecule has 17 heavy (non-hydrogen) atoms. The largest absolute Gasteiger partial charge is 0.383 e. The molecule has 1 aromatic carbocycles. The molecule has 0 aliphatic carbocycles. The third kappa shape index (κ3) is 4.26. The van der Waals surface area contributed by atoms with Crippen molar-refractivity contribution in [3.8, 4) is 6.07 Å². The Morgan fingerprint density at radius 1 is 1.53 bits per heavy atom. The number of anilines is 1. The molecule has 0 aliphatic rings. The highest BCUT2D eigenvalue weighted by molar-refractivity contribution is 6.30. The Morgan fingerprint density at radius 3 is 2.88 bits per heavy atom. The standard InChI is InChI=1S/C13H17ClN2O/c1-3-4-12(9-17-2)16-13-6-5-11(14)7-10(13)8-15/h5-7,12,16H,3-4,9H2,1-2H3. The van der Waals surface area contributed by atoms with Crippen LogP contribution in [0.5, 0.6) is 0 Å². The molecule has 1 unspecified atom stereocenters. The van der Waals surface area contributed by atoms with E-state index in [0.29, 0.717) is 17.2 Å². The van der Waals surface area contributed by atoms with Crippen LogP contribution in [-0.4, -0.2) is 19.8 Å². The van der Waals surface area contributed by atoms with Crippen LogP contribution in [0.1, 0.15) is 25.3 Å². The molecule has 0 saturated carbocycles. The predicted molar refractivity (Wildman–Crippen MR) is 70.4 cm³/mol. The molecule has 0 bridgehead atoms. The monoisotopic (exact) mass is 252 g/mol. The maximum Gasteiger partial charge on any atom is 0.101 e. The van der Waals surface area contributed by atoms with Crippen molar-refractivity contribution in [3.05, 3.63) is 28.8 Å². The van der Waals surface area contributed by atoms with Crippen molar-refractivity contribution in [1.82, 2.24) is 0 Å².